The standard InChI is InChI=1S/C16H17N5O4/c22-15(12-6-7-13(25-12)16(23)24)17-10-3-1-2-9(8-10)14-18-19-20-21(14)11-4-5-11/h1-3,8,11-13H,4-7H2,(H,17,22)(H,23,24)/t12-,13+/m0/s1. The van der Waals surface area contributed by atoms with Gasteiger partial charge in [-0.25, -0.2) is 9.48 Å². The second-order valence-electron chi connectivity index (χ2n) is 6.28. The summed E-state index contributed by atoms with van der Waals surface area (Å²) in [6, 6.07) is 7.60. The summed E-state index contributed by atoms with van der Waals surface area (Å²) >= 11 is 0. The molecule has 1 saturated heterocycles. The maximum atomic E-state index is 12.3. The number of benzene rings is 1. The van der Waals surface area contributed by atoms with Gasteiger partial charge in [0.1, 0.15) is 6.10 Å². The van der Waals surface area contributed by atoms with Crippen LogP contribution in [-0.4, -0.2) is 49.4 Å². The van der Waals surface area contributed by atoms with E-state index >= 15 is 0 Å². The molecule has 2 N–H and O–H groups in total. The van der Waals surface area contributed by atoms with Crippen LogP contribution in [0, 0.1) is 0 Å². The van der Waals surface area contributed by atoms with Crippen molar-refractivity contribution in [1.82, 2.24) is 20.2 Å². The molecule has 0 radical (unpaired) electrons. The van der Waals surface area contributed by atoms with E-state index in [-0.39, 0.29) is 5.91 Å². The minimum absolute atomic E-state index is 0.337. The molecule has 1 aliphatic carbocycles. The van der Waals surface area contributed by atoms with Gasteiger partial charge in [-0.05, 0) is 48.2 Å². The van der Waals surface area contributed by atoms with E-state index < -0.39 is 18.2 Å². The number of carbonyl (C=O) groups is 2. The summed E-state index contributed by atoms with van der Waals surface area (Å²) in [4.78, 5) is 23.2. The highest BCUT2D eigenvalue weighted by Crippen LogP contribution is 2.36. The Morgan fingerprint density at radius 1 is 1.20 bits per heavy atom. The average Bonchev–Trinajstić information content (AvgIpc) is 3.13. The Labute approximate surface area is 143 Å². The summed E-state index contributed by atoms with van der Waals surface area (Å²) in [5.74, 6) is -0.714. The number of hydrogen-bond donors (Lipinski definition) is 2. The Morgan fingerprint density at radius 2 is 2.00 bits per heavy atom. The maximum Gasteiger partial charge on any atom is 0.332 e. The van der Waals surface area contributed by atoms with Gasteiger partial charge in [0, 0.05) is 11.3 Å². The molecule has 2 aliphatic rings. The van der Waals surface area contributed by atoms with Gasteiger partial charge in [-0.2, -0.15) is 0 Å². The van der Waals surface area contributed by atoms with Gasteiger partial charge in [0.05, 0.1) is 6.04 Å². The lowest BCUT2D eigenvalue weighted by molar-refractivity contribution is -0.150. The largest absolute Gasteiger partial charge is 0.479 e. The average molecular weight is 343 g/mol. The van der Waals surface area contributed by atoms with Gasteiger partial charge in [0.15, 0.2) is 11.9 Å². The van der Waals surface area contributed by atoms with Crippen LogP contribution in [0.5, 0.6) is 0 Å². The Bertz CT molecular complexity index is 816. The van der Waals surface area contributed by atoms with E-state index in [4.69, 9.17) is 9.84 Å². The highest BCUT2D eigenvalue weighted by atomic mass is 16.5. The number of carboxylic acids is 1. The second-order valence-corrected chi connectivity index (χ2v) is 6.28. The van der Waals surface area contributed by atoms with Crippen LogP contribution < -0.4 is 5.32 Å². The molecule has 2 aromatic rings. The molecule has 0 unspecified atom stereocenters. The second kappa shape index (κ2) is 6.25. The molecule has 2 heterocycles. The third kappa shape index (κ3) is 3.22. The Morgan fingerprint density at radius 3 is 2.72 bits per heavy atom. The van der Waals surface area contributed by atoms with Crippen molar-refractivity contribution in [1.29, 1.82) is 0 Å². The van der Waals surface area contributed by atoms with E-state index in [1.165, 1.54) is 0 Å². The van der Waals surface area contributed by atoms with Gasteiger partial charge in [-0.1, -0.05) is 12.1 Å². The lowest BCUT2D eigenvalue weighted by Crippen LogP contribution is -2.29. The molecular weight excluding hydrogens is 326 g/mol. The number of nitrogens with one attached hydrogen (secondary N) is 1. The number of aliphatic carboxylic acids is 1. The fourth-order valence-corrected chi connectivity index (χ4v) is 2.92. The Balaban J connectivity index is 1.47. The molecule has 1 aromatic heterocycles. The number of carbonyl (C=O) groups excluding carboxylic acids is 1. The van der Waals surface area contributed by atoms with E-state index in [1.54, 1.807) is 16.8 Å². The highest BCUT2D eigenvalue weighted by molar-refractivity contribution is 5.95. The molecule has 0 bridgehead atoms. The number of aromatic nitrogens is 4. The predicted octanol–water partition coefficient (Wildman–Crippen LogP) is 1.25. The zero-order valence-corrected chi connectivity index (χ0v) is 13.3. The number of ether oxygens (including phenoxy) is 1. The van der Waals surface area contributed by atoms with Gasteiger partial charge in [0.25, 0.3) is 5.91 Å². The summed E-state index contributed by atoms with van der Waals surface area (Å²) in [6.45, 7) is 0. The van der Waals surface area contributed by atoms with Crippen molar-refractivity contribution in [2.24, 2.45) is 0 Å². The van der Waals surface area contributed by atoms with Gasteiger partial charge in [-0.15, -0.1) is 5.10 Å². The van der Waals surface area contributed by atoms with Crippen LogP contribution in [-0.2, 0) is 14.3 Å². The van der Waals surface area contributed by atoms with Crippen molar-refractivity contribution in [2.45, 2.75) is 43.9 Å². The van der Waals surface area contributed by atoms with Gasteiger partial charge >= 0.3 is 5.97 Å². The highest BCUT2D eigenvalue weighted by Gasteiger charge is 2.34. The van der Waals surface area contributed by atoms with Crippen molar-refractivity contribution < 1.29 is 19.4 Å². The van der Waals surface area contributed by atoms with Gasteiger partial charge in [-0.3, -0.25) is 4.79 Å². The van der Waals surface area contributed by atoms with Crippen LogP contribution in [0.1, 0.15) is 31.7 Å². The first-order valence-corrected chi connectivity index (χ1v) is 8.19. The SMILES string of the molecule is O=C(Nc1cccc(-c2nnnn2C2CC2)c1)[C@@H]1CC[C@H](C(=O)O)O1. The number of carboxylic acid groups (broad SMARTS) is 1. The van der Waals surface area contributed by atoms with Crippen molar-refractivity contribution in [3.05, 3.63) is 24.3 Å². The molecule has 0 spiro atoms. The quantitative estimate of drug-likeness (QED) is 0.838. The fourth-order valence-electron chi connectivity index (χ4n) is 2.92. The van der Waals surface area contributed by atoms with Crippen LogP contribution in [0.15, 0.2) is 24.3 Å². The van der Waals surface area contributed by atoms with E-state index in [0.717, 1.165) is 18.4 Å². The van der Waals surface area contributed by atoms with E-state index in [2.05, 4.69) is 20.8 Å². The number of nitrogens with zero attached hydrogens (tertiary/aromatic N) is 4. The first-order chi connectivity index (χ1) is 12.1. The lowest BCUT2D eigenvalue weighted by atomic mass is 10.1. The molecule has 1 aromatic carbocycles. The van der Waals surface area contributed by atoms with Crippen molar-refractivity contribution in [2.75, 3.05) is 5.32 Å². The number of hydrogen-bond acceptors (Lipinski definition) is 6. The van der Waals surface area contributed by atoms with Crippen LogP contribution in [0.3, 0.4) is 0 Å². The summed E-state index contributed by atoms with van der Waals surface area (Å²) in [7, 11) is 0. The molecule has 2 fully saturated rings. The number of amides is 1. The minimum atomic E-state index is -1.04. The first kappa shape index (κ1) is 15.7. The zero-order chi connectivity index (χ0) is 17.4. The summed E-state index contributed by atoms with van der Waals surface area (Å²) in [5.41, 5.74) is 1.40. The van der Waals surface area contributed by atoms with Crippen LogP contribution in [0.25, 0.3) is 11.4 Å². The lowest BCUT2D eigenvalue weighted by Gasteiger charge is -2.12. The van der Waals surface area contributed by atoms with Crippen LogP contribution in [0.2, 0.25) is 0 Å². The van der Waals surface area contributed by atoms with Crippen molar-refractivity contribution in [3.8, 4) is 11.4 Å². The van der Waals surface area contributed by atoms with Gasteiger partial charge in [0.2, 0.25) is 0 Å². The summed E-state index contributed by atoms with van der Waals surface area (Å²) in [5, 5.41) is 23.6. The minimum Gasteiger partial charge on any atom is -0.479 e. The van der Waals surface area contributed by atoms with Gasteiger partial charge < -0.3 is 15.2 Å². The molecule has 130 valence electrons. The van der Waals surface area contributed by atoms with Crippen LogP contribution in [0.4, 0.5) is 5.69 Å². The topological polar surface area (TPSA) is 119 Å². The summed E-state index contributed by atoms with van der Waals surface area (Å²) < 4.78 is 7.07. The van der Waals surface area contributed by atoms with Crippen molar-refractivity contribution in [3.63, 3.8) is 0 Å². The van der Waals surface area contributed by atoms with Crippen molar-refractivity contribution >= 4 is 17.6 Å². The fraction of sp³-hybridized carbons (Fsp3) is 0.438. The van der Waals surface area contributed by atoms with Crippen LogP contribution >= 0.6 is 0 Å². The maximum absolute atomic E-state index is 12.3. The summed E-state index contributed by atoms with van der Waals surface area (Å²) in [6.07, 6.45) is 1.20. The molecule has 2 atom stereocenters. The smallest absolute Gasteiger partial charge is 0.332 e. The third-order valence-electron chi connectivity index (χ3n) is 4.36. The molecule has 1 amide bonds. The number of rotatable bonds is 5. The van der Waals surface area contributed by atoms with E-state index in [9.17, 15) is 9.59 Å². The molecule has 1 aliphatic heterocycles. The molecule has 4 rings (SSSR count). The molecular formula is C16H17N5O4. The Hall–Kier alpha value is -2.81. The molecule has 9 nitrogen and oxygen atoms in total. The van der Waals surface area contributed by atoms with E-state index in [1.807, 2.05) is 12.1 Å². The third-order valence-corrected chi connectivity index (χ3v) is 4.36. The van der Waals surface area contributed by atoms with E-state index in [0.29, 0.717) is 30.4 Å². The molecule has 25 heavy (non-hydrogen) atoms. The normalized spacial score (nSPS) is 22.7. The monoisotopic (exact) mass is 343 g/mol. The first-order valence-electron chi connectivity index (χ1n) is 8.19. The number of tetrazole rings is 1. The predicted molar refractivity (Wildman–Crippen MR) is 85.7 cm³/mol. The molecule has 9 heteroatoms. The molecule has 1 saturated carbocycles. The Kier molecular flexibility index (Phi) is 3.92. The number of anilines is 1. The zero-order valence-electron chi connectivity index (χ0n) is 13.3.